The lowest BCUT2D eigenvalue weighted by molar-refractivity contribution is -0.214. The molecule has 1 saturated heterocycles. The van der Waals surface area contributed by atoms with Gasteiger partial charge in [-0.05, 0) is 24.0 Å². The fourth-order valence-electron chi connectivity index (χ4n) is 2.60. The maximum absolute atomic E-state index is 11.5. The summed E-state index contributed by atoms with van der Waals surface area (Å²) in [6, 6.07) is 7.99. The molecule has 5 nitrogen and oxygen atoms in total. The third-order valence-corrected chi connectivity index (χ3v) is 3.50. The van der Waals surface area contributed by atoms with Crippen molar-refractivity contribution in [3.63, 3.8) is 0 Å². The van der Waals surface area contributed by atoms with Crippen LogP contribution in [0.2, 0.25) is 0 Å². The molecule has 1 fully saturated rings. The maximum atomic E-state index is 11.5. The molecule has 0 spiro atoms. The Morgan fingerprint density at radius 1 is 1.32 bits per heavy atom. The lowest BCUT2D eigenvalue weighted by Gasteiger charge is -2.27. The number of hydrogen-bond donors (Lipinski definition) is 1. The second-order valence-corrected chi connectivity index (χ2v) is 4.83. The average molecular weight is 260 g/mol. The number of esters is 1. The van der Waals surface area contributed by atoms with Crippen LogP contribution >= 0.6 is 0 Å². The van der Waals surface area contributed by atoms with Crippen molar-refractivity contribution in [3.8, 4) is 0 Å². The number of carbonyl (C=O) groups excluding carboxylic acids is 2. The molecule has 2 aliphatic rings. The number of hydrogen-bond acceptors (Lipinski definition) is 4. The van der Waals surface area contributed by atoms with Crippen molar-refractivity contribution >= 4 is 11.9 Å². The Balaban J connectivity index is 1.76. The third-order valence-electron chi connectivity index (χ3n) is 3.50. The summed E-state index contributed by atoms with van der Waals surface area (Å²) in [6.07, 6.45) is 2.63. The predicted octanol–water partition coefficient (Wildman–Crippen LogP) is 0.503. The predicted molar refractivity (Wildman–Crippen MR) is 65.7 cm³/mol. The van der Waals surface area contributed by atoms with Crippen LogP contribution in [0, 0.1) is 6.42 Å². The molecule has 1 aromatic carbocycles. The highest BCUT2D eigenvalue weighted by molar-refractivity contribution is 5.90. The first-order valence-electron chi connectivity index (χ1n) is 6.20. The van der Waals surface area contributed by atoms with Crippen LogP contribution in [-0.4, -0.2) is 23.8 Å². The first-order chi connectivity index (χ1) is 9.09. The number of cyclic esters (lactones) is 1. The molecule has 19 heavy (non-hydrogen) atoms. The van der Waals surface area contributed by atoms with Gasteiger partial charge in [-0.2, -0.15) is 0 Å². The van der Waals surface area contributed by atoms with E-state index >= 15 is 0 Å². The van der Waals surface area contributed by atoms with Crippen LogP contribution in [0.3, 0.4) is 0 Å². The van der Waals surface area contributed by atoms with Gasteiger partial charge in [-0.25, -0.2) is 0 Å². The monoisotopic (exact) mass is 260 g/mol. The van der Waals surface area contributed by atoms with Crippen LogP contribution in [0.5, 0.6) is 0 Å². The lowest BCUT2D eigenvalue weighted by atomic mass is 10.1. The molecule has 1 unspecified atom stereocenters. The van der Waals surface area contributed by atoms with E-state index < -0.39 is 17.7 Å². The molecular formula is C14H14NO4. The highest BCUT2D eigenvalue weighted by Gasteiger charge is 2.49. The molecule has 0 saturated carbocycles. The number of rotatable bonds is 3. The van der Waals surface area contributed by atoms with Gasteiger partial charge in [0.25, 0.3) is 11.7 Å². The minimum atomic E-state index is -1.69. The molecule has 1 aliphatic carbocycles. The minimum absolute atomic E-state index is 0.0443. The highest BCUT2D eigenvalue weighted by Crippen LogP contribution is 2.32. The summed E-state index contributed by atoms with van der Waals surface area (Å²) in [7, 11) is 0. The minimum Gasteiger partial charge on any atom is -0.423 e. The van der Waals surface area contributed by atoms with Gasteiger partial charge in [0.1, 0.15) is 0 Å². The van der Waals surface area contributed by atoms with Gasteiger partial charge in [0.05, 0.1) is 18.9 Å². The van der Waals surface area contributed by atoms with E-state index in [-0.39, 0.29) is 12.5 Å². The SMILES string of the molecule is NC(=O)C1(OC2Cc3ccccc3C2)[CH]CC(=O)O1. The van der Waals surface area contributed by atoms with Crippen molar-refractivity contribution in [2.75, 3.05) is 0 Å². The summed E-state index contributed by atoms with van der Waals surface area (Å²) in [6.45, 7) is 0. The van der Waals surface area contributed by atoms with Gasteiger partial charge in [0.15, 0.2) is 0 Å². The normalized spacial score (nSPS) is 26.2. The Bertz CT molecular complexity index is 517. The van der Waals surface area contributed by atoms with Gasteiger partial charge in [-0.1, -0.05) is 24.3 Å². The van der Waals surface area contributed by atoms with Crippen molar-refractivity contribution in [1.29, 1.82) is 0 Å². The number of ether oxygens (including phenoxy) is 2. The molecule has 99 valence electrons. The molecule has 3 rings (SSSR count). The molecule has 1 aromatic rings. The van der Waals surface area contributed by atoms with E-state index in [0.29, 0.717) is 12.8 Å². The van der Waals surface area contributed by atoms with E-state index in [2.05, 4.69) is 0 Å². The van der Waals surface area contributed by atoms with Gasteiger partial charge in [-0.15, -0.1) is 0 Å². The molecular weight excluding hydrogens is 246 g/mol. The summed E-state index contributed by atoms with van der Waals surface area (Å²) in [5.74, 6) is -2.97. The number of primary amides is 1. The third kappa shape index (κ3) is 2.10. The van der Waals surface area contributed by atoms with Gasteiger partial charge < -0.3 is 15.2 Å². The number of fused-ring (bicyclic) bond motifs is 1. The smallest absolute Gasteiger partial charge is 0.309 e. The van der Waals surface area contributed by atoms with Crippen molar-refractivity contribution in [3.05, 3.63) is 41.8 Å². The summed E-state index contributed by atoms with van der Waals surface area (Å²) in [4.78, 5) is 22.7. The summed E-state index contributed by atoms with van der Waals surface area (Å²) >= 11 is 0. The van der Waals surface area contributed by atoms with Gasteiger partial charge in [-0.3, -0.25) is 9.59 Å². The van der Waals surface area contributed by atoms with Crippen LogP contribution in [0.15, 0.2) is 24.3 Å². The van der Waals surface area contributed by atoms with Gasteiger partial charge in [0, 0.05) is 0 Å². The largest absolute Gasteiger partial charge is 0.423 e. The highest BCUT2D eigenvalue weighted by atomic mass is 16.7. The number of amides is 1. The quantitative estimate of drug-likeness (QED) is 0.803. The maximum Gasteiger partial charge on any atom is 0.309 e. The average Bonchev–Trinajstić information content (AvgIpc) is 2.93. The molecule has 0 aromatic heterocycles. The Kier molecular flexibility index (Phi) is 2.78. The van der Waals surface area contributed by atoms with Crippen molar-refractivity contribution in [2.24, 2.45) is 5.73 Å². The van der Waals surface area contributed by atoms with Gasteiger partial charge >= 0.3 is 5.97 Å². The Labute approximate surface area is 110 Å². The summed E-state index contributed by atoms with van der Waals surface area (Å²) < 4.78 is 10.7. The van der Waals surface area contributed by atoms with Crippen LogP contribution in [-0.2, 0) is 31.9 Å². The zero-order valence-electron chi connectivity index (χ0n) is 10.3. The lowest BCUT2D eigenvalue weighted by Crippen LogP contribution is -2.49. The number of benzene rings is 1. The van der Waals surface area contributed by atoms with Crippen molar-refractivity contribution < 1.29 is 19.1 Å². The zero-order valence-corrected chi connectivity index (χ0v) is 10.3. The second kappa shape index (κ2) is 4.35. The first-order valence-corrected chi connectivity index (χ1v) is 6.20. The zero-order chi connectivity index (χ0) is 13.5. The van der Waals surface area contributed by atoms with E-state index in [1.165, 1.54) is 17.5 Å². The molecule has 1 aliphatic heterocycles. The Hall–Kier alpha value is -1.88. The molecule has 5 heteroatoms. The van der Waals surface area contributed by atoms with E-state index in [4.69, 9.17) is 15.2 Å². The van der Waals surface area contributed by atoms with Crippen LogP contribution in [0.4, 0.5) is 0 Å². The molecule has 1 atom stereocenters. The molecule has 1 heterocycles. The topological polar surface area (TPSA) is 78.6 Å². The fourth-order valence-corrected chi connectivity index (χ4v) is 2.60. The van der Waals surface area contributed by atoms with Crippen LogP contribution in [0.25, 0.3) is 0 Å². The van der Waals surface area contributed by atoms with E-state index in [1.54, 1.807) is 0 Å². The van der Waals surface area contributed by atoms with Crippen molar-refractivity contribution in [1.82, 2.24) is 0 Å². The van der Waals surface area contributed by atoms with E-state index in [9.17, 15) is 9.59 Å². The van der Waals surface area contributed by atoms with E-state index in [0.717, 1.165) is 0 Å². The van der Waals surface area contributed by atoms with Crippen molar-refractivity contribution in [2.45, 2.75) is 31.2 Å². The first kappa shape index (κ1) is 12.2. The fraction of sp³-hybridized carbons (Fsp3) is 0.357. The van der Waals surface area contributed by atoms with E-state index in [1.807, 2.05) is 24.3 Å². The van der Waals surface area contributed by atoms with Crippen LogP contribution < -0.4 is 5.73 Å². The van der Waals surface area contributed by atoms with Crippen LogP contribution in [0.1, 0.15) is 17.5 Å². The molecule has 1 radical (unpaired) electrons. The standard InChI is InChI=1S/C14H14NO4/c15-13(17)14(6-5-12(16)19-14)18-11-7-9-3-1-2-4-10(9)8-11/h1-4,6,11H,5,7-8H2,(H2,15,17). The summed E-state index contributed by atoms with van der Waals surface area (Å²) in [5.41, 5.74) is 7.69. The molecule has 0 bridgehead atoms. The van der Waals surface area contributed by atoms with Gasteiger partial charge in [0.2, 0.25) is 0 Å². The number of nitrogens with two attached hydrogens (primary N) is 1. The molecule has 2 N–H and O–H groups in total. The Morgan fingerprint density at radius 2 is 1.95 bits per heavy atom. The number of carbonyl (C=O) groups is 2. The second-order valence-electron chi connectivity index (χ2n) is 4.83. The molecule has 1 amide bonds. The summed E-state index contributed by atoms with van der Waals surface area (Å²) in [5, 5.41) is 0. The Morgan fingerprint density at radius 3 is 2.42 bits per heavy atom.